The molecule has 0 spiro atoms. The Kier molecular flexibility index (Phi) is 6.94. The van der Waals surface area contributed by atoms with Crippen molar-refractivity contribution in [2.24, 2.45) is 5.92 Å². The molecule has 0 aliphatic heterocycles. The normalized spacial score (nSPS) is 22.7. The second kappa shape index (κ2) is 8.45. The quantitative estimate of drug-likeness (QED) is 0.378. The van der Waals surface area contributed by atoms with Gasteiger partial charge in [-0.25, -0.2) is 13.6 Å². The number of hydrogen-bond donors (Lipinski definition) is 3. The Labute approximate surface area is 127 Å². The standard InChI is InChI=1S/C14H20F2N2O4/c1-2-22-14(21)8-3-5-9(6-4-8)18-11(12(15)16)10(7-17)13(19)20/h7-9,12,17-18H,2-6H2,1H3,(H,19,20)/b11-10+,17-7?/t8-,9-. The van der Waals surface area contributed by atoms with Crippen LogP contribution in [0.4, 0.5) is 8.78 Å². The number of carboxylic acids is 1. The summed E-state index contributed by atoms with van der Waals surface area (Å²) in [4.78, 5) is 22.5. The van der Waals surface area contributed by atoms with E-state index in [-0.39, 0.29) is 17.9 Å². The fraction of sp³-hybridized carbons (Fsp3) is 0.643. The summed E-state index contributed by atoms with van der Waals surface area (Å²) in [6, 6.07) is -0.344. The zero-order chi connectivity index (χ0) is 16.7. The van der Waals surface area contributed by atoms with E-state index in [2.05, 4.69) is 5.32 Å². The summed E-state index contributed by atoms with van der Waals surface area (Å²) in [6.45, 7) is 2.02. The lowest BCUT2D eigenvalue weighted by molar-refractivity contribution is -0.149. The van der Waals surface area contributed by atoms with Crippen molar-refractivity contribution in [3.63, 3.8) is 0 Å². The number of alkyl halides is 2. The highest BCUT2D eigenvalue weighted by Crippen LogP contribution is 2.27. The number of hydrogen-bond acceptors (Lipinski definition) is 5. The molecule has 0 aromatic rings. The van der Waals surface area contributed by atoms with Crippen molar-refractivity contribution in [1.29, 1.82) is 5.41 Å². The van der Waals surface area contributed by atoms with Gasteiger partial charge in [0.25, 0.3) is 6.43 Å². The maximum atomic E-state index is 13.0. The van der Waals surface area contributed by atoms with Gasteiger partial charge in [0.2, 0.25) is 0 Å². The van der Waals surface area contributed by atoms with E-state index in [1.165, 1.54) is 0 Å². The number of esters is 1. The number of carbonyl (C=O) groups is 2. The Morgan fingerprint density at radius 2 is 1.95 bits per heavy atom. The van der Waals surface area contributed by atoms with E-state index in [1.54, 1.807) is 6.92 Å². The molecule has 0 amide bonds. The summed E-state index contributed by atoms with van der Waals surface area (Å²) in [5.41, 5.74) is -1.50. The zero-order valence-corrected chi connectivity index (χ0v) is 12.3. The van der Waals surface area contributed by atoms with Crippen molar-refractivity contribution in [1.82, 2.24) is 5.32 Å². The molecule has 124 valence electrons. The molecule has 0 bridgehead atoms. The van der Waals surface area contributed by atoms with Crippen molar-refractivity contribution < 1.29 is 28.2 Å². The molecule has 8 heteroatoms. The Morgan fingerprint density at radius 1 is 1.36 bits per heavy atom. The molecule has 22 heavy (non-hydrogen) atoms. The fourth-order valence-electron chi connectivity index (χ4n) is 2.47. The molecule has 1 aliphatic rings. The van der Waals surface area contributed by atoms with Crippen LogP contribution in [0.1, 0.15) is 32.6 Å². The molecule has 0 heterocycles. The van der Waals surface area contributed by atoms with E-state index in [0.29, 0.717) is 38.5 Å². The van der Waals surface area contributed by atoms with E-state index in [0.717, 1.165) is 0 Å². The van der Waals surface area contributed by atoms with Gasteiger partial charge in [-0.3, -0.25) is 4.79 Å². The lowest BCUT2D eigenvalue weighted by atomic mass is 9.86. The zero-order valence-electron chi connectivity index (χ0n) is 12.3. The van der Waals surface area contributed by atoms with Gasteiger partial charge in [0.05, 0.1) is 18.2 Å². The molecule has 1 aliphatic carbocycles. The number of carboxylic acid groups (broad SMARTS) is 1. The van der Waals surface area contributed by atoms with Crippen molar-refractivity contribution in [3.8, 4) is 0 Å². The number of allylic oxidation sites excluding steroid dienone is 1. The smallest absolute Gasteiger partial charge is 0.339 e. The SMILES string of the molecule is CCOC(=O)[C@H]1CC[C@H](N/C(=C(\C=N)C(=O)O)C(F)F)CC1. The third-order valence-electron chi connectivity index (χ3n) is 3.59. The van der Waals surface area contributed by atoms with Crippen LogP contribution in [0, 0.1) is 11.3 Å². The number of halogens is 2. The summed E-state index contributed by atoms with van der Waals surface area (Å²) in [5.74, 6) is -2.09. The molecule has 0 saturated heterocycles. The largest absolute Gasteiger partial charge is 0.478 e. The summed E-state index contributed by atoms with van der Waals surface area (Å²) in [7, 11) is 0. The van der Waals surface area contributed by atoms with Crippen LogP contribution in [-0.4, -0.2) is 42.3 Å². The third kappa shape index (κ3) is 4.78. The number of ether oxygens (including phenoxy) is 1. The maximum absolute atomic E-state index is 13.0. The minimum absolute atomic E-state index is 0.237. The lowest BCUT2D eigenvalue weighted by Gasteiger charge is -2.29. The second-order valence-corrected chi connectivity index (χ2v) is 5.02. The number of aliphatic carboxylic acids is 1. The maximum Gasteiger partial charge on any atom is 0.339 e. The van der Waals surface area contributed by atoms with Gasteiger partial charge in [0, 0.05) is 12.3 Å². The predicted molar refractivity (Wildman–Crippen MR) is 75.0 cm³/mol. The lowest BCUT2D eigenvalue weighted by Crippen LogP contribution is -2.38. The van der Waals surface area contributed by atoms with Crippen LogP contribution in [0.15, 0.2) is 11.3 Å². The molecule has 6 nitrogen and oxygen atoms in total. The molecule has 0 aromatic heterocycles. The minimum Gasteiger partial charge on any atom is -0.478 e. The van der Waals surface area contributed by atoms with Gasteiger partial charge in [0.1, 0.15) is 5.57 Å². The van der Waals surface area contributed by atoms with Crippen LogP contribution in [0.2, 0.25) is 0 Å². The summed E-state index contributed by atoms with van der Waals surface area (Å²) in [5, 5.41) is 18.3. The third-order valence-corrected chi connectivity index (χ3v) is 3.59. The topological polar surface area (TPSA) is 99.5 Å². The van der Waals surface area contributed by atoms with Gasteiger partial charge in [-0.1, -0.05) is 0 Å². The van der Waals surface area contributed by atoms with Gasteiger partial charge >= 0.3 is 11.9 Å². The molecular weight excluding hydrogens is 298 g/mol. The Morgan fingerprint density at radius 3 is 2.36 bits per heavy atom. The summed E-state index contributed by atoms with van der Waals surface area (Å²) in [6.07, 6.45) is -0.675. The highest BCUT2D eigenvalue weighted by molar-refractivity contribution is 6.08. The van der Waals surface area contributed by atoms with E-state index in [1.807, 2.05) is 0 Å². The first kappa shape index (κ1) is 18.1. The highest BCUT2D eigenvalue weighted by atomic mass is 19.3. The monoisotopic (exact) mass is 318 g/mol. The molecule has 0 aromatic carbocycles. The molecule has 1 saturated carbocycles. The van der Waals surface area contributed by atoms with Gasteiger partial charge < -0.3 is 20.6 Å². The Bertz CT molecular complexity index is 458. The molecule has 1 fully saturated rings. The molecule has 0 atom stereocenters. The molecule has 1 rings (SSSR count). The van der Waals surface area contributed by atoms with Gasteiger partial charge in [-0.15, -0.1) is 0 Å². The number of rotatable bonds is 7. The van der Waals surface area contributed by atoms with E-state index in [4.69, 9.17) is 15.3 Å². The van der Waals surface area contributed by atoms with Crippen molar-refractivity contribution in [3.05, 3.63) is 11.3 Å². The van der Waals surface area contributed by atoms with Gasteiger partial charge in [-0.05, 0) is 32.6 Å². The molecule has 0 radical (unpaired) electrons. The first-order valence-corrected chi connectivity index (χ1v) is 7.09. The van der Waals surface area contributed by atoms with Crippen LogP contribution in [0.5, 0.6) is 0 Å². The van der Waals surface area contributed by atoms with Crippen LogP contribution in [0.25, 0.3) is 0 Å². The number of carbonyl (C=O) groups excluding carboxylic acids is 1. The minimum atomic E-state index is -3.00. The Hall–Kier alpha value is -1.99. The van der Waals surface area contributed by atoms with Crippen molar-refractivity contribution in [2.45, 2.75) is 45.1 Å². The molecular formula is C14H20F2N2O4. The van der Waals surface area contributed by atoms with Crippen LogP contribution >= 0.6 is 0 Å². The first-order valence-electron chi connectivity index (χ1n) is 7.09. The summed E-state index contributed by atoms with van der Waals surface area (Å²) < 4.78 is 30.9. The first-order chi connectivity index (χ1) is 10.4. The highest BCUT2D eigenvalue weighted by Gasteiger charge is 2.30. The van der Waals surface area contributed by atoms with E-state index in [9.17, 15) is 18.4 Å². The van der Waals surface area contributed by atoms with Crippen LogP contribution < -0.4 is 5.32 Å². The van der Waals surface area contributed by atoms with Gasteiger partial charge in [0.15, 0.2) is 0 Å². The molecule has 3 N–H and O–H groups in total. The van der Waals surface area contributed by atoms with Crippen LogP contribution in [0.3, 0.4) is 0 Å². The van der Waals surface area contributed by atoms with Crippen molar-refractivity contribution in [2.75, 3.05) is 6.61 Å². The van der Waals surface area contributed by atoms with E-state index >= 15 is 0 Å². The van der Waals surface area contributed by atoms with Crippen LogP contribution in [-0.2, 0) is 14.3 Å². The predicted octanol–water partition coefficient (Wildman–Crippen LogP) is 1.95. The average molecular weight is 318 g/mol. The second-order valence-electron chi connectivity index (χ2n) is 5.02. The fourth-order valence-corrected chi connectivity index (χ4v) is 2.47. The Balaban J connectivity index is 2.69. The number of nitrogens with one attached hydrogen (secondary N) is 2. The van der Waals surface area contributed by atoms with Crippen molar-refractivity contribution >= 4 is 18.2 Å². The van der Waals surface area contributed by atoms with Gasteiger partial charge in [-0.2, -0.15) is 0 Å². The van der Waals surface area contributed by atoms with E-state index < -0.39 is 23.7 Å². The average Bonchev–Trinajstić information content (AvgIpc) is 2.47. The molecule has 0 unspecified atom stereocenters. The summed E-state index contributed by atoms with van der Waals surface area (Å²) >= 11 is 0.